The Morgan fingerprint density at radius 2 is 1.85 bits per heavy atom. The number of aliphatic hydroxyl groups excluding tert-OH is 1. The van der Waals surface area contributed by atoms with Crippen LogP contribution in [0.25, 0.3) is 0 Å². The van der Waals surface area contributed by atoms with Crippen molar-refractivity contribution < 1.29 is 29.6 Å². The third-order valence-corrected chi connectivity index (χ3v) is 2.94. The van der Waals surface area contributed by atoms with Crippen LogP contribution in [-0.4, -0.2) is 47.1 Å². The fourth-order valence-electron chi connectivity index (χ4n) is 2.07. The number of rotatable bonds is 8. The van der Waals surface area contributed by atoms with E-state index >= 15 is 0 Å². The largest absolute Gasteiger partial charge is 0.478 e. The molecule has 0 spiro atoms. The maximum atomic E-state index is 11.3. The molecule has 0 aliphatic carbocycles. The number of carboxylic acid groups (broad SMARTS) is 2. The van der Waals surface area contributed by atoms with Gasteiger partial charge in [-0.1, -0.05) is 6.07 Å². The number of aromatic carboxylic acids is 2. The second-order valence-electron chi connectivity index (χ2n) is 4.16. The molecule has 0 saturated heterocycles. The summed E-state index contributed by atoms with van der Waals surface area (Å²) in [5, 5.41) is 27.4. The fourth-order valence-corrected chi connectivity index (χ4v) is 2.07. The first-order valence-electron chi connectivity index (χ1n) is 6.32. The Kier molecular flexibility index (Phi) is 6.14. The summed E-state index contributed by atoms with van der Waals surface area (Å²) in [6.45, 7) is 2.57. The predicted molar refractivity (Wildman–Crippen MR) is 71.3 cm³/mol. The number of ether oxygens (including phenoxy) is 1. The molecule has 0 heterocycles. The average Bonchev–Trinajstić information content (AvgIpc) is 2.39. The highest BCUT2D eigenvalue weighted by Crippen LogP contribution is 2.21. The number of carbonyl (C=O) groups is 2. The Balaban J connectivity index is 3.28. The van der Waals surface area contributed by atoms with E-state index in [2.05, 4.69) is 0 Å². The summed E-state index contributed by atoms with van der Waals surface area (Å²) in [5.74, 6) is -2.60. The topological polar surface area (TPSA) is 104 Å². The van der Waals surface area contributed by atoms with E-state index in [1.807, 2.05) is 6.92 Å². The van der Waals surface area contributed by atoms with Gasteiger partial charge in [0.15, 0.2) is 0 Å². The van der Waals surface area contributed by atoms with Gasteiger partial charge in [-0.2, -0.15) is 0 Å². The van der Waals surface area contributed by atoms with Gasteiger partial charge in [0.25, 0.3) is 0 Å². The maximum Gasteiger partial charge on any atom is 0.336 e. The molecule has 0 unspecified atom stereocenters. The number of benzene rings is 1. The van der Waals surface area contributed by atoms with Gasteiger partial charge in [0, 0.05) is 13.2 Å². The second kappa shape index (κ2) is 7.62. The van der Waals surface area contributed by atoms with Gasteiger partial charge in [0.2, 0.25) is 0 Å². The Bertz CT molecular complexity index is 495. The SMILES string of the molecule is CCOCCc1ccc(C(=O)O)c(C(=O)O)c1CCO. The van der Waals surface area contributed by atoms with Crippen LogP contribution in [0.15, 0.2) is 12.1 Å². The smallest absolute Gasteiger partial charge is 0.336 e. The molecule has 0 bridgehead atoms. The van der Waals surface area contributed by atoms with Crippen LogP contribution < -0.4 is 0 Å². The monoisotopic (exact) mass is 282 g/mol. The molecular formula is C14H18O6. The highest BCUT2D eigenvalue weighted by atomic mass is 16.5. The third-order valence-electron chi connectivity index (χ3n) is 2.94. The van der Waals surface area contributed by atoms with Crippen LogP contribution >= 0.6 is 0 Å². The first-order valence-corrected chi connectivity index (χ1v) is 6.32. The Morgan fingerprint density at radius 3 is 2.35 bits per heavy atom. The third kappa shape index (κ3) is 3.79. The second-order valence-corrected chi connectivity index (χ2v) is 4.16. The van der Waals surface area contributed by atoms with Gasteiger partial charge in [-0.3, -0.25) is 0 Å². The standard InChI is InChI=1S/C14H18O6/c1-2-20-8-6-9-3-4-11(13(16)17)12(14(18)19)10(9)5-7-15/h3-4,15H,2,5-8H2,1H3,(H,16,17)(H,18,19). The van der Waals surface area contributed by atoms with Crippen molar-refractivity contribution in [2.45, 2.75) is 19.8 Å². The van der Waals surface area contributed by atoms with E-state index in [4.69, 9.17) is 14.9 Å². The van der Waals surface area contributed by atoms with Crippen molar-refractivity contribution >= 4 is 11.9 Å². The molecule has 6 nitrogen and oxygen atoms in total. The molecule has 1 rings (SSSR count). The first-order chi connectivity index (χ1) is 9.52. The molecule has 6 heteroatoms. The summed E-state index contributed by atoms with van der Waals surface area (Å²) in [4.78, 5) is 22.4. The van der Waals surface area contributed by atoms with Crippen molar-refractivity contribution in [3.05, 3.63) is 34.4 Å². The lowest BCUT2D eigenvalue weighted by atomic mass is 9.92. The van der Waals surface area contributed by atoms with E-state index in [0.29, 0.717) is 30.8 Å². The number of carboxylic acids is 2. The zero-order chi connectivity index (χ0) is 15.1. The van der Waals surface area contributed by atoms with Crippen molar-refractivity contribution in [3.8, 4) is 0 Å². The van der Waals surface area contributed by atoms with E-state index in [0.717, 1.165) is 0 Å². The summed E-state index contributed by atoms with van der Waals surface area (Å²) in [6, 6.07) is 2.87. The van der Waals surface area contributed by atoms with E-state index in [1.165, 1.54) is 6.07 Å². The molecule has 1 aromatic rings. The summed E-state index contributed by atoms with van der Waals surface area (Å²) >= 11 is 0. The zero-order valence-corrected chi connectivity index (χ0v) is 11.3. The minimum Gasteiger partial charge on any atom is -0.478 e. The summed E-state index contributed by atoms with van der Waals surface area (Å²) < 4.78 is 5.22. The molecule has 0 radical (unpaired) electrons. The van der Waals surface area contributed by atoms with Gasteiger partial charge in [-0.05, 0) is 37.0 Å². The molecule has 0 atom stereocenters. The van der Waals surface area contributed by atoms with Crippen molar-refractivity contribution in [1.82, 2.24) is 0 Å². The van der Waals surface area contributed by atoms with Crippen LogP contribution in [0.4, 0.5) is 0 Å². The Hall–Kier alpha value is -1.92. The molecule has 20 heavy (non-hydrogen) atoms. The van der Waals surface area contributed by atoms with E-state index in [-0.39, 0.29) is 24.2 Å². The van der Waals surface area contributed by atoms with Gasteiger partial charge < -0.3 is 20.1 Å². The van der Waals surface area contributed by atoms with Crippen LogP contribution in [0, 0.1) is 0 Å². The number of hydrogen-bond acceptors (Lipinski definition) is 4. The van der Waals surface area contributed by atoms with Gasteiger partial charge >= 0.3 is 11.9 Å². The van der Waals surface area contributed by atoms with Crippen molar-refractivity contribution in [3.63, 3.8) is 0 Å². The van der Waals surface area contributed by atoms with E-state index < -0.39 is 11.9 Å². The molecule has 1 aromatic carbocycles. The minimum absolute atomic E-state index is 0.101. The van der Waals surface area contributed by atoms with Gasteiger partial charge in [-0.15, -0.1) is 0 Å². The molecule has 0 aliphatic heterocycles. The highest BCUT2D eigenvalue weighted by molar-refractivity contribution is 6.03. The zero-order valence-electron chi connectivity index (χ0n) is 11.3. The quantitative estimate of drug-likeness (QED) is 0.619. The van der Waals surface area contributed by atoms with Crippen molar-refractivity contribution in [2.24, 2.45) is 0 Å². The number of hydrogen-bond donors (Lipinski definition) is 3. The lowest BCUT2D eigenvalue weighted by Crippen LogP contribution is -2.15. The van der Waals surface area contributed by atoms with Crippen LogP contribution in [0.2, 0.25) is 0 Å². The summed E-state index contributed by atoms with van der Waals surface area (Å²) in [5.41, 5.74) is 0.538. The van der Waals surface area contributed by atoms with Crippen molar-refractivity contribution in [2.75, 3.05) is 19.8 Å². The first kappa shape index (κ1) is 16.1. The van der Waals surface area contributed by atoms with Crippen LogP contribution in [0.3, 0.4) is 0 Å². The van der Waals surface area contributed by atoms with Crippen LogP contribution in [-0.2, 0) is 17.6 Å². The molecule has 0 amide bonds. The lowest BCUT2D eigenvalue weighted by Gasteiger charge is -2.14. The van der Waals surface area contributed by atoms with E-state index in [9.17, 15) is 14.7 Å². The molecule has 0 fully saturated rings. The van der Waals surface area contributed by atoms with Crippen LogP contribution in [0.5, 0.6) is 0 Å². The average molecular weight is 282 g/mol. The van der Waals surface area contributed by atoms with Gasteiger partial charge in [0.05, 0.1) is 17.7 Å². The fraction of sp³-hybridized carbons (Fsp3) is 0.429. The number of aliphatic hydroxyl groups is 1. The van der Waals surface area contributed by atoms with E-state index in [1.54, 1.807) is 6.07 Å². The molecular weight excluding hydrogens is 264 g/mol. The summed E-state index contributed by atoms with van der Waals surface area (Å²) in [7, 11) is 0. The highest BCUT2D eigenvalue weighted by Gasteiger charge is 2.22. The molecule has 0 saturated carbocycles. The predicted octanol–water partition coefficient (Wildman–Crippen LogP) is 1.20. The molecule has 0 aromatic heterocycles. The van der Waals surface area contributed by atoms with Crippen LogP contribution in [0.1, 0.15) is 38.8 Å². The normalized spacial score (nSPS) is 10.5. The lowest BCUT2D eigenvalue weighted by molar-refractivity contribution is 0.0650. The van der Waals surface area contributed by atoms with Gasteiger partial charge in [0.1, 0.15) is 0 Å². The molecule has 3 N–H and O–H groups in total. The van der Waals surface area contributed by atoms with Crippen molar-refractivity contribution in [1.29, 1.82) is 0 Å². The molecule has 0 aliphatic rings. The Morgan fingerprint density at radius 1 is 1.15 bits per heavy atom. The van der Waals surface area contributed by atoms with Gasteiger partial charge in [-0.25, -0.2) is 9.59 Å². The maximum absolute atomic E-state index is 11.3. The minimum atomic E-state index is -1.30. The summed E-state index contributed by atoms with van der Waals surface area (Å²) in [6.07, 6.45) is 0.577. The Labute approximate surface area is 116 Å². The molecule has 110 valence electrons.